The molecule has 5 heteroatoms. The zero-order valence-corrected chi connectivity index (χ0v) is 12.6. The van der Waals surface area contributed by atoms with Crippen LogP contribution in [0.2, 0.25) is 39.3 Å². The summed E-state index contributed by atoms with van der Waals surface area (Å²) in [5.74, 6) is 0.913. The second kappa shape index (κ2) is 4.05. The first-order chi connectivity index (χ1) is 6.73. The summed E-state index contributed by atoms with van der Waals surface area (Å²) >= 11 is 0. The largest absolute Gasteiger partial charge is 0.394 e. The zero-order valence-electron chi connectivity index (χ0n) is 10.6. The minimum absolute atomic E-state index is 0.913. The van der Waals surface area contributed by atoms with Gasteiger partial charge in [-0.15, -0.1) is 0 Å². The fraction of sp³-hybridized carbons (Fsp3) is 0.600. The standard InChI is InChI=1S/C10H21N3Si2/c1-14(2,3)13(15(4,5)6)10-11-8-7-9-12-10/h7-9H,1-6H3. The van der Waals surface area contributed by atoms with Crippen LogP contribution in [0.5, 0.6) is 0 Å². The molecule has 0 unspecified atom stereocenters. The summed E-state index contributed by atoms with van der Waals surface area (Å²) in [6.45, 7) is 14.1. The van der Waals surface area contributed by atoms with E-state index in [4.69, 9.17) is 0 Å². The first kappa shape index (κ1) is 12.4. The lowest BCUT2D eigenvalue weighted by atomic mass is 10.7. The normalized spacial score (nSPS) is 12.7. The summed E-state index contributed by atoms with van der Waals surface area (Å²) < 4.78 is 2.51. The van der Waals surface area contributed by atoms with E-state index >= 15 is 0 Å². The molecule has 0 radical (unpaired) electrons. The van der Waals surface area contributed by atoms with Crippen molar-refractivity contribution in [2.24, 2.45) is 0 Å². The monoisotopic (exact) mass is 239 g/mol. The van der Waals surface area contributed by atoms with Crippen molar-refractivity contribution >= 4 is 22.4 Å². The van der Waals surface area contributed by atoms with Crippen LogP contribution >= 0.6 is 0 Å². The molecule has 1 aromatic rings. The number of aromatic nitrogens is 2. The van der Waals surface area contributed by atoms with Crippen molar-refractivity contribution in [3.63, 3.8) is 0 Å². The van der Waals surface area contributed by atoms with Crippen molar-refractivity contribution in [3.8, 4) is 0 Å². The van der Waals surface area contributed by atoms with Crippen LogP contribution in [0.25, 0.3) is 0 Å². The quantitative estimate of drug-likeness (QED) is 0.760. The van der Waals surface area contributed by atoms with Gasteiger partial charge in [0.1, 0.15) is 16.5 Å². The highest BCUT2D eigenvalue weighted by atomic mass is 28.4. The maximum atomic E-state index is 4.40. The minimum atomic E-state index is -1.39. The van der Waals surface area contributed by atoms with E-state index < -0.39 is 16.5 Å². The third-order valence-corrected chi connectivity index (χ3v) is 9.20. The second-order valence-corrected chi connectivity index (χ2v) is 15.8. The molecule has 84 valence electrons. The molecule has 15 heavy (non-hydrogen) atoms. The van der Waals surface area contributed by atoms with E-state index in [2.05, 4.69) is 53.5 Å². The van der Waals surface area contributed by atoms with E-state index in [0.717, 1.165) is 5.95 Å². The lowest BCUT2D eigenvalue weighted by Gasteiger charge is -2.43. The van der Waals surface area contributed by atoms with E-state index in [1.165, 1.54) is 0 Å². The highest BCUT2D eigenvalue weighted by Gasteiger charge is 2.36. The lowest BCUT2D eigenvalue weighted by molar-refractivity contribution is 1.11. The van der Waals surface area contributed by atoms with E-state index in [1.807, 2.05) is 18.5 Å². The van der Waals surface area contributed by atoms with Gasteiger partial charge in [-0.05, 0) is 6.07 Å². The van der Waals surface area contributed by atoms with Gasteiger partial charge in [-0.2, -0.15) is 0 Å². The molecular formula is C10H21N3Si2. The average molecular weight is 239 g/mol. The van der Waals surface area contributed by atoms with Gasteiger partial charge in [0.05, 0.1) is 0 Å². The molecule has 3 nitrogen and oxygen atoms in total. The van der Waals surface area contributed by atoms with Crippen molar-refractivity contribution in [2.75, 3.05) is 4.23 Å². The van der Waals surface area contributed by atoms with Gasteiger partial charge in [0.25, 0.3) is 0 Å². The number of nitrogens with zero attached hydrogens (tertiary/aromatic N) is 3. The van der Waals surface area contributed by atoms with Gasteiger partial charge in [0.15, 0.2) is 0 Å². The summed E-state index contributed by atoms with van der Waals surface area (Å²) in [6, 6.07) is 1.87. The Bertz CT molecular complexity index is 300. The molecule has 0 spiro atoms. The van der Waals surface area contributed by atoms with Crippen molar-refractivity contribution in [3.05, 3.63) is 18.5 Å². The fourth-order valence-electron chi connectivity index (χ4n) is 2.01. The fourth-order valence-corrected chi connectivity index (χ4v) is 11.5. The van der Waals surface area contributed by atoms with Crippen LogP contribution < -0.4 is 4.23 Å². The minimum Gasteiger partial charge on any atom is -0.394 e. The van der Waals surface area contributed by atoms with E-state index in [0.29, 0.717) is 0 Å². The van der Waals surface area contributed by atoms with Crippen LogP contribution in [0, 0.1) is 0 Å². The topological polar surface area (TPSA) is 29.0 Å². The smallest absolute Gasteiger partial charge is 0.208 e. The first-order valence-electron chi connectivity index (χ1n) is 5.30. The third kappa shape index (κ3) is 3.14. The van der Waals surface area contributed by atoms with Gasteiger partial charge in [0, 0.05) is 12.4 Å². The lowest BCUT2D eigenvalue weighted by Crippen LogP contribution is -2.60. The Labute approximate surface area is 94.7 Å². The summed E-state index contributed by atoms with van der Waals surface area (Å²) in [6.07, 6.45) is 3.66. The maximum absolute atomic E-state index is 4.40. The molecule has 1 rings (SSSR count). The summed E-state index contributed by atoms with van der Waals surface area (Å²) in [5, 5.41) is 0. The van der Waals surface area contributed by atoms with Gasteiger partial charge in [-0.1, -0.05) is 39.3 Å². The molecule has 0 aliphatic heterocycles. The van der Waals surface area contributed by atoms with Gasteiger partial charge < -0.3 is 4.23 Å². The van der Waals surface area contributed by atoms with Crippen molar-refractivity contribution in [2.45, 2.75) is 39.3 Å². The molecule has 1 aromatic heterocycles. The Morgan fingerprint density at radius 2 is 1.27 bits per heavy atom. The molecule has 0 fully saturated rings. The Hall–Kier alpha value is -0.686. The highest BCUT2D eigenvalue weighted by molar-refractivity contribution is 6.99. The van der Waals surface area contributed by atoms with Crippen molar-refractivity contribution in [1.29, 1.82) is 0 Å². The summed E-state index contributed by atoms with van der Waals surface area (Å²) in [5.41, 5.74) is 0. The predicted molar refractivity (Wildman–Crippen MR) is 71.2 cm³/mol. The van der Waals surface area contributed by atoms with Gasteiger partial charge >= 0.3 is 0 Å². The van der Waals surface area contributed by atoms with Crippen LogP contribution in [0.3, 0.4) is 0 Å². The van der Waals surface area contributed by atoms with Crippen LogP contribution in [0.15, 0.2) is 18.5 Å². The molecule has 1 heterocycles. The van der Waals surface area contributed by atoms with Gasteiger partial charge in [-0.3, -0.25) is 0 Å². The number of hydrogen-bond donors (Lipinski definition) is 0. The van der Waals surface area contributed by atoms with Crippen LogP contribution in [0.1, 0.15) is 0 Å². The average Bonchev–Trinajstić information content (AvgIpc) is 2.00. The van der Waals surface area contributed by atoms with Crippen molar-refractivity contribution < 1.29 is 0 Å². The summed E-state index contributed by atoms with van der Waals surface area (Å²) in [4.78, 5) is 8.79. The Balaban J connectivity index is 3.15. The molecule has 0 N–H and O–H groups in total. The molecule has 0 saturated heterocycles. The van der Waals surface area contributed by atoms with Gasteiger partial charge in [-0.25, -0.2) is 9.97 Å². The van der Waals surface area contributed by atoms with E-state index in [-0.39, 0.29) is 0 Å². The molecule has 0 aliphatic carbocycles. The first-order valence-corrected chi connectivity index (χ1v) is 12.2. The molecule has 0 aromatic carbocycles. The summed E-state index contributed by atoms with van der Waals surface area (Å²) in [7, 11) is -2.79. The van der Waals surface area contributed by atoms with Crippen molar-refractivity contribution in [1.82, 2.24) is 9.97 Å². The van der Waals surface area contributed by atoms with Crippen LogP contribution in [-0.4, -0.2) is 26.4 Å². The SMILES string of the molecule is C[Si](C)(C)N(c1ncccn1)[Si](C)(C)C. The Morgan fingerprint density at radius 1 is 0.867 bits per heavy atom. The molecule has 0 amide bonds. The number of anilines is 1. The molecule has 0 saturated carbocycles. The van der Waals surface area contributed by atoms with E-state index in [9.17, 15) is 0 Å². The molecule has 0 atom stereocenters. The van der Waals surface area contributed by atoms with Gasteiger partial charge in [0.2, 0.25) is 5.95 Å². The predicted octanol–water partition coefficient (Wildman–Crippen LogP) is 2.95. The molecular weight excluding hydrogens is 218 g/mol. The Morgan fingerprint density at radius 3 is 1.60 bits per heavy atom. The third-order valence-electron chi connectivity index (χ3n) is 2.09. The molecule has 0 bridgehead atoms. The number of rotatable bonds is 3. The second-order valence-electron chi connectivity index (χ2n) is 5.73. The number of hydrogen-bond acceptors (Lipinski definition) is 3. The van der Waals surface area contributed by atoms with Crippen LogP contribution in [-0.2, 0) is 0 Å². The van der Waals surface area contributed by atoms with Crippen LogP contribution in [0.4, 0.5) is 5.95 Å². The highest BCUT2D eigenvalue weighted by Crippen LogP contribution is 2.24. The zero-order chi connectivity index (χ0) is 11.7. The maximum Gasteiger partial charge on any atom is 0.208 e. The van der Waals surface area contributed by atoms with E-state index in [1.54, 1.807) is 0 Å². The Kier molecular flexibility index (Phi) is 3.35. The molecule has 0 aliphatic rings.